The maximum atomic E-state index is 11.5. The summed E-state index contributed by atoms with van der Waals surface area (Å²) in [5.74, 6) is -0.791. The molecule has 0 amide bonds. The van der Waals surface area contributed by atoms with Gasteiger partial charge in [-0.05, 0) is 55.5 Å². The molecule has 0 aliphatic heterocycles. The number of imidazole rings is 1. The van der Waals surface area contributed by atoms with E-state index in [-0.39, 0.29) is 10.6 Å². The lowest BCUT2D eigenvalue weighted by molar-refractivity contribution is 0.0690. The van der Waals surface area contributed by atoms with Gasteiger partial charge in [0.2, 0.25) is 10.0 Å². The molecule has 1 heterocycles. The quantitative estimate of drug-likeness (QED) is 0.709. The Kier molecular flexibility index (Phi) is 4.57. The summed E-state index contributed by atoms with van der Waals surface area (Å²) in [6, 6.07) is 12.6. The van der Waals surface area contributed by atoms with Crippen molar-refractivity contribution in [2.75, 3.05) is 0 Å². The van der Waals surface area contributed by atoms with Crippen molar-refractivity contribution in [3.63, 3.8) is 0 Å². The fraction of sp³-hybridized carbons (Fsp3) is 0.0588. The Morgan fingerprint density at radius 1 is 1.12 bits per heavy atom. The lowest BCUT2D eigenvalue weighted by Gasteiger charge is -2.11. The summed E-state index contributed by atoms with van der Waals surface area (Å²) >= 11 is 5.92. The van der Waals surface area contributed by atoms with E-state index in [0.29, 0.717) is 27.8 Å². The number of halogens is 1. The molecule has 9 heteroatoms. The van der Waals surface area contributed by atoms with E-state index in [9.17, 15) is 18.3 Å². The second-order valence-corrected chi connectivity index (χ2v) is 7.55. The van der Waals surface area contributed by atoms with Crippen molar-refractivity contribution in [2.45, 2.75) is 11.8 Å². The molecule has 134 valence electrons. The van der Waals surface area contributed by atoms with Gasteiger partial charge in [0.15, 0.2) is 5.69 Å². The highest BCUT2D eigenvalue weighted by Crippen LogP contribution is 2.28. The number of nitrogens with zero attached hydrogens (tertiary/aromatic N) is 2. The van der Waals surface area contributed by atoms with E-state index in [1.165, 1.54) is 24.3 Å². The van der Waals surface area contributed by atoms with Gasteiger partial charge in [-0.2, -0.15) is 0 Å². The number of hydrogen-bond acceptors (Lipinski definition) is 4. The fourth-order valence-electron chi connectivity index (χ4n) is 2.60. The van der Waals surface area contributed by atoms with Gasteiger partial charge in [0.25, 0.3) is 0 Å². The molecule has 0 aliphatic carbocycles. The first-order valence-corrected chi connectivity index (χ1v) is 9.32. The molecule has 3 aromatic rings. The number of carboxylic acids is 1. The Morgan fingerprint density at radius 3 is 2.19 bits per heavy atom. The minimum atomic E-state index is -3.82. The van der Waals surface area contributed by atoms with Crippen LogP contribution in [-0.2, 0) is 10.0 Å². The van der Waals surface area contributed by atoms with Crippen LogP contribution >= 0.6 is 11.6 Å². The number of sulfonamides is 1. The van der Waals surface area contributed by atoms with Crippen molar-refractivity contribution < 1.29 is 18.3 Å². The van der Waals surface area contributed by atoms with Crippen molar-refractivity contribution in [2.24, 2.45) is 5.14 Å². The molecular weight excluding hydrogens is 378 g/mol. The summed E-state index contributed by atoms with van der Waals surface area (Å²) in [6.45, 7) is 1.65. The van der Waals surface area contributed by atoms with Crippen LogP contribution in [0.15, 0.2) is 53.4 Å². The molecule has 1 aromatic heterocycles. The average molecular weight is 392 g/mol. The van der Waals surface area contributed by atoms with Crippen LogP contribution in [0.3, 0.4) is 0 Å². The molecule has 0 bridgehead atoms. The van der Waals surface area contributed by atoms with Crippen molar-refractivity contribution in [1.82, 2.24) is 9.55 Å². The molecule has 0 fully saturated rings. The molecule has 0 saturated carbocycles. The molecule has 0 unspecified atom stereocenters. The van der Waals surface area contributed by atoms with Crippen LogP contribution in [0.1, 0.15) is 16.2 Å². The molecule has 0 atom stereocenters. The molecule has 0 spiro atoms. The Hall–Kier alpha value is -2.68. The highest BCUT2D eigenvalue weighted by Gasteiger charge is 2.21. The highest BCUT2D eigenvalue weighted by molar-refractivity contribution is 7.89. The van der Waals surface area contributed by atoms with E-state index in [4.69, 9.17) is 16.7 Å². The van der Waals surface area contributed by atoms with Crippen LogP contribution in [0.25, 0.3) is 17.1 Å². The van der Waals surface area contributed by atoms with E-state index in [0.717, 1.165) is 0 Å². The van der Waals surface area contributed by atoms with Crippen LogP contribution in [0.5, 0.6) is 0 Å². The second-order valence-electron chi connectivity index (χ2n) is 5.56. The maximum Gasteiger partial charge on any atom is 0.356 e. The van der Waals surface area contributed by atoms with Crippen LogP contribution in [-0.4, -0.2) is 29.0 Å². The number of carbonyl (C=O) groups is 1. The Balaban J connectivity index is 2.22. The van der Waals surface area contributed by atoms with Gasteiger partial charge in [-0.1, -0.05) is 11.6 Å². The summed E-state index contributed by atoms with van der Waals surface area (Å²) < 4.78 is 24.5. The monoisotopic (exact) mass is 391 g/mol. The Bertz CT molecular complexity index is 1090. The molecule has 2 aromatic carbocycles. The predicted octanol–water partition coefficient (Wildman–Crippen LogP) is 2.85. The number of hydrogen-bond donors (Lipinski definition) is 2. The molecule has 26 heavy (non-hydrogen) atoms. The minimum Gasteiger partial charge on any atom is -0.476 e. The van der Waals surface area contributed by atoms with E-state index >= 15 is 0 Å². The molecule has 0 saturated heterocycles. The fourth-order valence-corrected chi connectivity index (χ4v) is 3.24. The molecule has 0 aliphatic rings. The van der Waals surface area contributed by atoms with Gasteiger partial charge in [-0.15, -0.1) is 0 Å². The van der Waals surface area contributed by atoms with Crippen LogP contribution in [0.2, 0.25) is 5.02 Å². The van der Waals surface area contributed by atoms with Crippen molar-refractivity contribution >= 4 is 27.6 Å². The predicted molar refractivity (Wildman–Crippen MR) is 97.1 cm³/mol. The van der Waals surface area contributed by atoms with E-state index in [2.05, 4.69) is 4.98 Å². The highest BCUT2D eigenvalue weighted by atomic mass is 35.5. The summed E-state index contributed by atoms with van der Waals surface area (Å²) in [7, 11) is -3.82. The zero-order valence-electron chi connectivity index (χ0n) is 13.5. The summed E-state index contributed by atoms with van der Waals surface area (Å²) in [6.07, 6.45) is 0. The zero-order chi connectivity index (χ0) is 19.1. The third kappa shape index (κ3) is 3.34. The summed E-state index contributed by atoms with van der Waals surface area (Å²) in [5.41, 5.74) is 1.57. The molecule has 0 radical (unpaired) electrons. The Morgan fingerprint density at radius 2 is 1.69 bits per heavy atom. The SMILES string of the molecule is Cc1c(C(=O)O)nc(-c2ccc(S(N)(=O)=O)cc2)n1-c1ccc(Cl)cc1. The van der Waals surface area contributed by atoms with Gasteiger partial charge < -0.3 is 5.11 Å². The number of nitrogens with two attached hydrogens (primary N) is 1. The first kappa shape index (κ1) is 18.1. The van der Waals surface area contributed by atoms with Crippen molar-refractivity contribution in [3.05, 3.63) is 64.9 Å². The van der Waals surface area contributed by atoms with Gasteiger partial charge >= 0.3 is 5.97 Å². The van der Waals surface area contributed by atoms with Crippen molar-refractivity contribution in [3.8, 4) is 17.1 Å². The van der Waals surface area contributed by atoms with Crippen molar-refractivity contribution in [1.29, 1.82) is 0 Å². The van der Waals surface area contributed by atoms with Gasteiger partial charge in [-0.25, -0.2) is 23.3 Å². The first-order chi connectivity index (χ1) is 12.2. The van der Waals surface area contributed by atoms with E-state index in [1.807, 2.05) is 0 Å². The first-order valence-electron chi connectivity index (χ1n) is 7.40. The lowest BCUT2D eigenvalue weighted by atomic mass is 10.2. The zero-order valence-corrected chi connectivity index (χ0v) is 15.1. The summed E-state index contributed by atoms with van der Waals surface area (Å²) in [5, 5.41) is 15.1. The summed E-state index contributed by atoms with van der Waals surface area (Å²) in [4.78, 5) is 15.7. The molecule has 7 nitrogen and oxygen atoms in total. The number of rotatable bonds is 4. The second kappa shape index (κ2) is 6.56. The lowest BCUT2D eigenvalue weighted by Crippen LogP contribution is -2.11. The number of aromatic nitrogens is 2. The number of carboxylic acid groups (broad SMARTS) is 1. The van der Waals surface area contributed by atoms with E-state index in [1.54, 1.807) is 35.8 Å². The van der Waals surface area contributed by atoms with Gasteiger partial charge in [-0.3, -0.25) is 4.57 Å². The van der Waals surface area contributed by atoms with Crippen LogP contribution in [0.4, 0.5) is 0 Å². The van der Waals surface area contributed by atoms with Gasteiger partial charge in [0.1, 0.15) is 5.82 Å². The standard InChI is InChI=1S/C17H14ClN3O4S/c1-10-15(17(22)23)20-16(21(10)13-6-4-12(18)5-7-13)11-2-8-14(9-3-11)26(19,24)25/h2-9H,1H3,(H,22,23)(H2,19,24,25). The third-order valence-corrected chi connectivity index (χ3v) is 5.02. The Labute approximate surface area is 154 Å². The number of primary sulfonamides is 1. The van der Waals surface area contributed by atoms with Gasteiger partial charge in [0, 0.05) is 16.3 Å². The smallest absolute Gasteiger partial charge is 0.356 e. The third-order valence-electron chi connectivity index (χ3n) is 3.84. The molecule has 3 N–H and O–H groups in total. The normalized spacial score (nSPS) is 11.5. The maximum absolute atomic E-state index is 11.5. The molecular formula is C17H14ClN3O4S. The average Bonchev–Trinajstić information content (AvgIpc) is 2.92. The molecule has 3 rings (SSSR count). The number of aromatic carboxylic acids is 1. The van der Waals surface area contributed by atoms with Crippen LogP contribution < -0.4 is 5.14 Å². The largest absolute Gasteiger partial charge is 0.476 e. The van der Waals surface area contributed by atoms with Crippen LogP contribution in [0, 0.1) is 6.92 Å². The topological polar surface area (TPSA) is 115 Å². The van der Waals surface area contributed by atoms with E-state index < -0.39 is 16.0 Å². The number of benzene rings is 2. The minimum absolute atomic E-state index is 0.0407. The van der Waals surface area contributed by atoms with Gasteiger partial charge in [0.05, 0.1) is 10.6 Å².